The second kappa shape index (κ2) is 5.87. The van der Waals surface area contributed by atoms with Crippen LogP contribution in [0.1, 0.15) is 38.2 Å². The fraction of sp³-hybridized carbons (Fsp3) is 0.467. The molecule has 0 bridgehead atoms. The molecule has 4 nitrogen and oxygen atoms in total. The molecule has 1 fully saturated rings. The Kier molecular flexibility index (Phi) is 4.70. The van der Waals surface area contributed by atoms with Gasteiger partial charge in [-0.3, -0.25) is 9.59 Å². The van der Waals surface area contributed by atoms with Crippen molar-refractivity contribution >= 4 is 12.3 Å². The first-order valence-electron chi connectivity index (χ1n) is 6.17. The number of furan rings is 1. The third-order valence-electron chi connectivity index (χ3n) is 3.35. The van der Waals surface area contributed by atoms with E-state index in [-0.39, 0.29) is 17.3 Å². The highest BCUT2D eigenvalue weighted by Gasteiger charge is 2.60. The maximum Gasteiger partial charge on any atom is 0.307 e. The summed E-state index contributed by atoms with van der Waals surface area (Å²) in [5.41, 5.74) is 1.17. The molecule has 1 aliphatic rings. The molecule has 1 aromatic rings. The summed E-state index contributed by atoms with van der Waals surface area (Å²) in [6.45, 7) is 8.03. The number of carboxylic acid groups (broad SMARTS) is 1. The largest absolute Gasteiger partial charge is 0.481 e. The number of allylic oxidation sites excluding steroid dienone is 2. The second-order valence-electron chi connectivity index (χ2n) is 5.54. The van der Waals surface area contributed by atoms with Gasteiger partial charge in [-0.25, -0.2) is 0 Å². The van der Waals surface area contributed by atoms with Crippen molar-refractivity contribution in [1.82, 2.24) is 0 Å². The molecule has 2 atom stereocenters. The van der Waals surface area contributed by atoms with E-state index in [4.69, 9.17) is 5.11 Å². The zero-order valence-electron chi connectivity index (χ0n) is 11.7. The van der Waals surface area contributed by atoms with Gasteiger partial charge in [0.05, 0.1) is 12.2 Å². The number of carboxylic acids is 1. The molecule has 4 heteroatoms. The van der Waals surface area contributed by atoms with Gasteiger partial charge in [0.15, 0.2) is 12.0 Å². The highest BCUT2D eigenvalue weighted by molar-refractivity contribution is 5.76. The minimum absolute atomic E-state index is 0.0386. The predicted molar refractivity (Wildman–Crippen MR) is 71.9 cm³/mol. The summed E-state index contributed by atoms with van der Waals surface area (Å²) in [4.78, 5) is 20.5. The minimum Gasteiger partial charge on any atom is -0.481 e. The van der Waals surface area contributed by atoms with Crippen molar-refractivity contribution in [2.24, 2.45) is 17.3 Å². The Morgan fingerprint density at radius 3 is 2.32 bits per heavy atom. The first-order valence-corrected chi connectivity index (χ1v) is 6.17. The topological polar surface area (TPSA) is 67.5 Å². The van der Waals surface area contributed by atoms with Gasteiger partial charge in [0.1, 0.15) is 0 Å². The van der Waals surface area contributed by atoms with Crippen molar-refractivity contribution in [3.8, 4) is 0 Å². The third-order valence-corrected chi connectivity index (χ3v) is 3.35. The molecule has 0 aromatic carbocycles. The predicted octanol–water partition coefficient (Wildman–Crippen LogP) is 3.40. The summed E-state index contributed by atoms with van der Waals surface area (Å²) in [6, 6.07) is 3.27. The number of aldehydes is 1. The van der Waals surface area contributed by atoms with Crippen LogP contribution in [0.4, 0.5) is 0 Å². The van der Waals surface area contributed by atoms with E-state index in [1.807, 2.05) is 27.7 Å². The lowest BCUT2D eigenvalue weighted by molar-refractivity contribution is -0.139. The number of rotatable bonds is 3. The molecular weight excluding hydrogens is 244 g/mol. The van der Waals surface area contributed by atoms with Crippen LogP contribution in [0.5, 0.6) is 0 Å². The fourth-order valence-electron chi connectivity index (χ4n) is 2.18. The number of hydrogen-bond donors (Lipinski definition) is 1. The van der Waals surface area contributed by atoms with Crippen molar-refractivity contribution in [3.63, 3.8) is 0 Å². The SMILES string of the molecule is CC(C)=CC1C(C(=O)O)C1(C)C.O=Cc1ccco1. The monoisotopic (exact) mass is 264 g/mol. The van der Waals surface area contributed by atoms with Gasteiger partial charge < -0.3 is 9.52 Å². The van der Waals surface area contributed by atoms with E-state index in [0.29, 0.717) is 12.0 Å². The molecule has 0 radical (unpaired) electrons. The van der Waals surface area contributed by atoms with E-state index < -0.39 is 5.97 Å². The summed E-state index contributed by atoms with van der Waals surface area (Å²) < 4.78 is 4.61. The van der Waals surface area contributed by atoms with E-state index >= 15 is 0 Å². The van der Waals surface area contributed by atoms with Gasteiger partial charge in [-0.15, -0.1) is 0 Å². The summed E-state index contributed by atoms with van der Waals surface area (Å²) in [5.74, 6) is -0.227. The maximum absolute atomic E-state index is 10.7. The molecule has 1 N–H and O–H groups in total. The summed E-state index contributed by atoms with van der Waals surface area (Å²) in [5, 5.41) is 8.84. The van der Waals surface area contributed by atoms with Crippen molar-refractivity contribution in [3.05, 3.63) is 35.8 Å². The second-order valence-corrected chi connectivity index (χ2v) is 5.54. The third kappa shape index (κ3) is 3.81. The molecule has 1 aliphatic carbocycles. The Balaban J connectivity index is 0.000000218. The molecule has 0 spiro atoms. The Morgan fingerprint density at radius 2 is 2.05 bits per heavy atom. The average molecular weight is 264 g/mol. The van der Waals surface area contributed by atoms with Crippen LogP contribution < -0.4 is 0 Å². The van der Waals surface area contributed by atoms with E-state index in [1.54, 1.807) is 12.1 Å². The smallest absolute Gasteiger partial charge is 0.307 e. The Hall–Kier alpha value is -1.84. The van der Waals surface area contributed by atoms with Gasteiger partial charge in [-0.2, -0.15) is 0 Å². The van der Waals surface area contributed by atoms with Crippen LogP contribution in [-0.2, 0) is 4.79 Å². The Bertz CT molecular complexity index is 464. The van der Waals surface area contributed by atoms with E-state index in [1.165, 1.54) is 11.8 Å². The quantitative estimate of drug-likeness (QED) is 0.671. The van der Waals surface area contributed by atoms with Crippen molar-refractivity contribution in [2.45, 2.75) is 27.7 Å². The molecule has 0 aliphatic heterocycles. The zero-order valence-corrected chi connectivity index (χ0v) is 11.7. The van der Waals surface area contributed by atoms with E-state index in [9.17, 15) is 9.59 Å². The van der Waals surface area contributed by atoms with Crippen LogP contribution in [0.25, 0.3) is 0 Å². The summed E-state index contributed by atoms with van der Waals surface area (Å²) in [7, 11) is 0. The lowest BCUT2D eigenvalue weighted by atomic mass is 10.1. The Morgan fingerprint density at radius 1 is 1.42 bits per heavy atom. The van der Waals surface area contributed by atoms with Crippen LogP contribution in [0.15, 0.2) is 34.5 Å². The first-order chi connectivity index (χ1) is 8.80. The van der Waals surface area contributed by atoms with Crippen molar-refractivity contribution in [2.75, 3.05) is 0 Å². The standard InChI is InChI=1S/C10H16O2.C5H4O2/c1-6(2)5-7-8(9(11)12)10(7,3)4;6-4-5-2-1-3-7-5/h5,7-8H,1-4H3,(H,11,12);1-4H. The normalized spacial score (nSPS) is 22.7. The first kappa shape index (κ1) is 15.2. The van der Waals surface area contributed by atoms with Gasteiger partial charge >= 0.3 is 5.97 Å². The fourth-order valence-corrected chi connectivity index (χ4v) is 2.18. The van der Waals surface area contributed by atoms with Crippen molar-refractivity contribution < 1.29 is 19.1 Å². The molecular formula is C15H20O4. The van der Waals surface area contributed by atoms with Crippen molar-refractivity contribution in [1.29, 1.82) is 0 Å². The lowest BCUT2D eigenvalue weighted by Crippen LogP contribution is -2.02. The Labute approximate surface area is 113 Å². The highest BCUT2D eigenvalue weighted by Crippen LogP contribution is 2.59. The van der Waals surface area contributed by atoms with E-state index in [0.717, 1.165) is 0 Å². The lowest BCUT2D eigenvalue weighted by Gasteiger charge is -1.96. The minimum atomic E-state index is -0.664. The van der Waals surface area contributed by atoms with Gasteiger partial charge in [0, 0.05) is 0 Å². The molecule has 2 unspecified atom stereocenters. The van der Waals surface area contributed by atoms with Crippen LogP contribution in [-0.4, -0.2) is 17.4 Å². The molecule has 104 valence electrons. The maximum atomic E-state index is 10.7. The number of carbonyl (C=O) groups excluding carboxylic acids is 1. The number of hydrogen-bond acceptors (Lipinski definition) is 3. The molecule has 1 saturated carbocycles. The van der Waals surface area contributed by atoms with Crippen LogP contribution in [0.3, 0.4) is 0 Å². The van der Waals surface area contributed by atoms with Crippen LogP contribution in [0, 0.1) is 17.3 Å². The van der Waals surface area contributed by atoms with E-state index in [2.05, 4.69) is 10.5 Å². The van der Waals surface area contributed by atoms with Gasteiger partial charge in [-0.05, 0) is 37.3 Å². The van der Waals surface area contributed by atoms with Gasteiger partial charge in [0.25, 0.3) is 0 Å². The average Bonchev–Trinajstić information content (AvgIpc) is 2.70. The molecule has 19 heavy (non-hydrogen) atoms. The molecule has 2 rings (SSSR count). The zero-order chi connectivity index (χ0) is 14.6. The molecule has 0 saturated heterocycles. The molecule has 1 aromatic heterocycles. The molecule has 0 amide bonds. The van der Waals surface area contributed by atoms with Gasteiger partial charge in [0.2, 0.25) is 0 Å². The summed E-state index contributed by atoms with van der Waals surface area (Å²) >= 11 is 0. The molecule has 1 heterocycles. The van der Waals surface area contributed by atoms with Crippen LogP contribution >= 0.6 is 0 Å². The highest BCUT2D eigenvalue weighted by atomic mass is 16.4. The summed E-state index contributed by atoms with van der Waals surface area (Å²) in [6.07, 6.45) is 4.20. The number of aliphatic carboxylic acids is 1. The number of carbonyl (C=O) groups is 2. The van der Waals surface area contributed by atoms with Crippen LogP contribution in [0.2, 0.25) is 0 Å². The van der Waals surface area contributed by atoms with Gasteiger partial charge in [-0.1, -0.05) is 25.5 Å².